The van der Waals surface area contributed by atoms with Crippen molar-refractivity contribution in [1.82, 2.24) is 5.32 Å². The second kappa shape index (κ2) is 6.58. The maximum Gasteiger partial charge on any atom is 0.241 e. The molecule has 2 N–H and O–H groups in total. The standard InChI is InChI=1S/C11H10BrF3N2O.ClH/c12-9-6(14)1-2-7(10(9)15)17-11(18)8-3-5(13)4-16-8;/h1-2,5,8,16H,3-4H2,(H,17,18);1H/t5-,8+;/m1./s1. The Morgan fingerprint density at radius 2 is 2.11 bits per heavy atom. The number of hydrogen-bond acceptors (Lipinski definition) is 2. The molecule has 0 spiro atoms. The lowest BCUT2D eigenvalue weighted by Gasteiger charge is -2.12. The Morgan fingerprint density at radius 1 is 1.42 bits per heavy atom. The van der Waals surface area contributed by atoms with Crippen LogP contribution in [0.2, 0.25) is 0 Å². The summed E-state index contributed by atoms with van der Waals surface area (Å²) in [5.41, 5.74) is -0.141. The number of hydrogen-bond donors (Lipinski definition) is 2. The van der Waals surface area contributed by atoms with E-state index < -0.39 is 29.8 Å². The highest BCUT2D eigenvalue weighted by Gasteiger charge is 2.29. The maximum absolute atomic E-state index is 13.6. The first-order chi connectivity index (χ1) is 8.49. The molecule has 1 fully saturated rings. The third kappa shape index (κ3) is 3.61. The molecule has 0 unspecified atom stereocenters. The maximum atomic E-state index is 13.6. The van der Waals surface area contributed by atoms with E-state index in [1.807, 2.05) is 0 Å². The average Bonchev–Trinajstić information content (AvgIpc) is 2.77. The van der Waals surface area contributed by atoms with Crippen LogP contribution < -0.4 is 10.6 Å². The fourth-order valence-electron chi connectivity index (χ4n) is 1.73. The molecule has 1 aromatic rings. The minimum atomic E-state index is -1.08. The van der Waals surface area contributed by atoms with Crippen LogP contribution in [-0.2, 0) is 4.79 Å². The SMILES string of the molecule is Cl.O=C(Nc1ccc(F)c(Br)c1F)[C@@H]1C[C@@H](F)CN1. The molecule has 1 saturated heterocycles. The van der Waals surface area contributed by atoms with E-state index >= 15 is 0 Å². The fraction of sp³-hybridized carbons (Fsp3) is 0.364. The number of carbonyl (C=O) groups excluding carboxylic acids is 1. The lowest BCUT2D eigenvalue weighted by molar-refractivity contribution is -0.117. The van der Waals surface area contributed by atoms with Crippen molar-refractivity contribution >= 4 is 39.9 Å². The fourth-order valence-corrected chi connectivity index (χ4v) is 2.08. The number of alkyl halides is 1. The molecule has 1 aromatic carbocycles. The number of carbonyl (C=O) groups is 1. The molecule has 3 nitrogen and oxygen atoms in total. The molecule has 0 saturated carbocycles. The highest BCUT2D eigenvalue weighted by atomic mass is 79.9. The number of benzene rings is 1. The summed E-state index contributed by atoms with van der Waals surface area (Å²) in [6, 6.07) is 1.46. The van der Waals surface area contributed by atoms with Crippen molar-refractivity contribution in [1.29, 1.82) is 0 Å². The molecule has 106 valence electrons. The molecule has 1 aliphatic heterocycles. The van der Waals surface area contributed by atoms with Crippen LogP contribution in [0.25, 0.3) is 0 Å². The molecule has 1 amide bonds. The van der Waals surface area contributed by atoms with E-state index in [0.29, 0.717) is 0 Å². The largest absolute Gasteiger partial charge is 0.322 e. The quantitative estimate of drug-likeness (QED) is 0.797. The van der Waals surface area contributed by atoms with Gasteiger partial charge in [0.25, 0.3) is 0 Å². The predicted molar refractivity (Wildman–Crippen MR) is 71.2 cm³/mol. The van der Waals surface area contributed by atoms with E-state index in [1.54, 1.807) is 0 Å². The van der Waals surface area contributed by atoms with Gasteiger partial charge in [-0.1, -0.05) is 0 Å². The van der Waals surface area contributed by atoms with Crippen molar-refractivity contribution in [2.75, 3.05) is 11.9 Å². The van der Waals surface area contributed by atoms with Crippen molar-refractivity contribution < 1.29 is 18.0 Å². The van der Waals surface area contributed by atoms with Crippen LogP contribution in [0.15, 0.2) is 16.6 Å². The van der Waals surface area contributed by atoms with E-state index in [0.717, 1.165) is 12.1 Å². The number of amides is 1. The summed E-state index contributed by atoms with van der Waals surface area (Å²) in [6.07, 6.45) is -1.03. The predicted octanol–water partition coefficient (Wildman–Crippen LogP) is 2.79. The molecule has 2 atom stereocenters. The van der Waals surface area contributed by atoms with E-state index in [-0.39, 0.29) is 35.5 Å². The minimum absolute atomic E-state index is 0. The van der Waals surface area contributed by atoms with E-state index in [9.17, 15) is 18.0 Å². The van der Waals surface area contributed by atoms with Gasteiger partial charge in [0, 0.05) is 13.0 Å². The van der Waals surface area contributed by atoms with E-state index in [4.69, 9.17) is 0 Å². The Bertz CT molecular complexity index is 489. The summed E-state index contributed by atoms with van der Waals surface area (Å²) in [5, 5.41) is 4.98. The number of nitrogens with one attached hydrogen (secondary N) is 2. The van der Waals surface area contributed by atoms with Crippen molar-refractivity contribution in [3.8, 4) is 0 Å². The highest BCUT2D eigenvalue weighted by Crippen LogP contribution is 2.26. The normalized spacial score (nSPS) is 21.9. The lowest BCUT2D eigenvalue weighted by atomic mass is 10.2. The van der Waals surface area contributed by atoms with Crippen LogP contribution in [-0.4, -0.2) is 24.7 Å². The Balaban J connectivity index is 0.00000180. The van der Waals surface area contributed by atoms with Crippen LogP contribution in [0.5, 0.6) is 0 Å². The monoisotopic (exact) mass is 358 g/mol. The molecule has 0 radical (unpaired) electrons. The summed E-state index contributed by atoms with van der Waals surface area (Å²) < 4.78 is 39.1. The van der Waals surface area contributed by atoms with Gasteiger partial charge < -0.3 is 10.6 Å². The highest BCUT2D eigenvalue weighted by molar-refractivity contribution is 9.10. The molecular formula is C11H11BrClF3N2O. The molecule has 19 heavy (non-hydrogen) atoms. The first-order valence-electron chi connectivity index (χ1n) is 5.31. The number of anilines is 1. The number of halogens is 5. The summed E-state index contributed by atoms with van der Waals surface area (Å²) >= 11 is 2.74. The van der Waals surface area contributed by atoms with Gasteiger partial charge in [-0.05, 0) is 28.1 Å². The molecule has 0 aromatic heterocycles. The van der Waals surface area contributed by atoms with E-state index in [1.165, 1.54) is 0 Å². The molecule has 0 aliphatic carbocycles. The smallest absolute Gasteiger partial charge is 0.241 e. The zero-order valence-electron chi connectivity index (χ0n) is 9.55. The second-order valence-corrected chi connectivity index (χ2v) is 4.80. The van der Waals surface area contributed by atoms with Gasteiger partial charge >= 0.3 is 0 Å². The molecule has 2 rings (SSSR count). The zero-order chi connectivity index (χ0) is 13.3. The third-order valence-electron chi connectivity index (χ3n) is 2.69. The summed E-state index contributed by atoms with van der Waals surface area (Å²) in [5.74, 6) is -2.18. The Morgan fingerprint density at radius 3 is 2.68 bits per heavy atom. The van der Waals surface area contributed by atoms with Gasteiger partial charge in [0.2, 0.25) is 5.91 Å². The first-order valence-corrected chi connectivity index (χ1v) is 6.10. The van der Waals surface area contributed by atoms with Gasteiger partial charge in [-0.3, -0.25) is 4.79 Å². The Hall–Kier alpha value is -0.790. The van der Waals surface area contributed by atoms with Crippen molar-refractivity contribution in [3.05, 3.63) is 28.2 Å². The van der Waals surface area contributed by atoms with Gasteiger partial charge in [-0.2, -0.15) is 0 Å². The third-order valence-corrected chi connectivity index (χ3v) is 3.41. The van der Waals surface area contributed by atoms with Crippen LogP contribution in [0, 0.1) is 11.6 Å². The van der Waals surface area contributed by atoms with Gasteiger partial charge in [0.05, 0.1) is 16.2 Å². The summed E-state index contributed by atoms with van der Waals surface area (Å²) in [7, 11) is 0. The van der Waals surface area contributed by atoms with Crippen molar-refractivity contribution in [2.24, 2.45) is 0 Å². The molecule has 1 aliphatic rings. The van der Waals surface area contributed by atoms with Gasteiger partial charge in [-0.15, -0.1) is 12.4 Å². The molecule has 0 bridgehead atoms. The second-order valence-electron chi connectivity index (χ2n) is 4.01. The summed E-state index contributed by atoms with van der Waals surface area (Å²) in [6.45, 7) is 0.105. The number of rotatable bonds is 2. The zero-order valence-corrected chi connectivity index (χ0v) is 12.0. The molecule has 8 heteroatoms. The first kappa shape index (κ1) is 16.3. The molecular weight excluding hydrogens is 348 g/mol. The summed E-state index contributed by atoms with van der Waals surface area (Å²) in [4.78, 5) is 11.7. The molecule has 1 heterocycles. The van der Waals surface area contributed by atoms with Crippen LogP contribution in [0.3, 0.4) is 0 Å². The average molecular weight is 360 g/mol. The lowest BCUT2D eigenvalue weighted by Crippen LogP contribution is -2.35. The topological polar surface area (TPSA) is 41.1 Å². The minimum Gasteiger partial charge on any atom is -0.322 e. The van der Waals surface area contributed by atoms with Gasteiger partial charge in [0.1, 0.15) is 12.0 Å². The van der Waals surface area contributed by atoms with Gasteiger partial charge in [-0.25, -0.2) is 13.2 Å². The Labute approximate surface area is 122 Å². The van der Waals surface area contributed by atoms with Crippen LogP contribution in [0.1, 0.15) is 6.42 Å². The van der Waals surface area contributed by atoms with Crippen LogP contribution >= 0.6 is 28.3 Å². The van der Waals surface area contributed by atoms with Crippen molar-refractivity contribution in [3.63, 3.8) is 0 Å². The van der Waals surface area contributed by atoms with E-state index in [2.05, 4.69) is 26.6 Å². The van der Waals surface area contributed by atoms with Gasteiger partial charge in [0.15, 0.2) is 5.82 Å². The Kier molecular flexibility index (Phi) is 5.64. The van der Waals surface area contributed by atoms with Crippen molar-refractivity contribution in [2.45, 2.75) is 18.6 Å². The van der Waals surface area contributed by atoms with Crippen LogP contribution in [0.4, 0.5) is 18.9 Å².